The number of amidine groups is 1. The topological polar surface area (TPSA) is 108 Å². The van der Waals surface area contributed by atoms with Gasteiger partial charge in [0, 0.05) is 17.1 Å². The number of likely N-dealkylation sites (N-methyl/N-ethyl adjacent to an activating group) is 1. The van der Waals surface area contributed by atoms with E-state index in [1.165, 1.54) is 18.0 Å². The predicted octanol–water partition coefficient (Wildman–Crippen LogP) is 1.97. The molecule has 0 saturated carbocycles. The predicted molar refractivity (Wildman–Crippen MR) is 113 cm³/mol. The summed E-state index contributed by atoms with van der Waals surface area (Å²) < 4.78 is 27.4. The summed E-state index contributed by atoms with van der Waals surface area (Å²) in [5.74, 6) is -0.657. The van der Waals surface area contributed by atoms with Crippen LogP contribution in [0.25, 0.3) is 0 Å². The number of hydrogen-bond donors (Lipinski definition) is 2. The Balaban J connectivity index is 1.68. The maximum absolute atomic E-state index is 12.6. The van der Waals surface area contributed by atoms with Crippen molar-refractivity contribution in [2.75, 3.05) is 18.9 Å². The zero-order chi connectivity index (χ0) is 21.2. The van der Waals surface area contributed by atoms with Crippen LogP contribution in [0.1, 0.15) is 12.5 Å². The van der Waals surface area contributed by atoms with Gasteiger partial charge in [-0.1, -0.05) is 24.3 Å². The smallest absolute Gasteiger partial charge is 0.263 e. The molecular formula is C19H19BrN4O4S. The van der Waals surface area contributed by atoms with Crippen molar-refractivity contribution in [3.8, 4) is 0 Å². The van der Waals surface area contributed by atoms with Crippen molar-refractivity contribution < 1.29 is 18.0 Å². The number of anilines is 1. The Labute approximate surface area is 177 Å². The summed E-state index contributed by atoms with van der Waals surface area (Å²) in [4.78, 5) is 30.5. The first kappa shape index (κ1) is 21.0. The summed E-state index contributed by atoms with van der Waals surface area (Å²) in [7, 11) is -2.19. The first-order valence-electron chi connectivity index (χ1n) is 8.68. The van der Waals surface area contributed by atoms with Gasteiger partial charge in [0.2, 0.25) is 11.8 Å². The lowest BCUT2D eigenvalue weighted by atomic mass is 10.2. The molecule has 1 aliphatic rings. The van der Waals surface area contributed by atoms with Crippen LogP contribution in [-0.4, -0.2) is 50.6 Å². The molecular weight excluding hydrogens is 460 g/mol. The normalized spacial score (nSPS) is 16.6. The largest absolute Gasteiger partial charge is 0.335 e. The third-order valence-corrected chi connectivity index (χ3v) is 6.34. The highest BCUT2D eigenvalue weighted by atomic mass is 79.9. The van der Waals surface area contributed by atoms with Crippen LogP contribution in [0.4, 0.5) is 5.69 Å². The molecule has 0 radical (unpaired) electrons. The fraction of sp³-hybridized carbons (Fsp3) is 0.211. The number of sulfonamides is 1. The van der Waals surface area contributed by atoms with Gasteiger partial charge in [0.05, 0.1) is 17.1 Å². The van der Waals surface area contributed by atoms with Crippen molar-refractivity contribution in [3.63, 3.8) is 0 Å². The number of carbonyl (C=O) groups is 2. The molecule has 152 valence electrons. The number of nitrogens with one attached hydrogen (secondary N) is 2. The molecule has 1 heterocycles. The van der Waals surface area contributed by atoms with Crippen molar-refractivity contribution in [2.45, 2.75) is 17.9 Å². The number of carbonyl (C=O) groups excluding carboxylic acids is 2. The fourth-order valence-electron chi connectivity index (χ4n) is 2.84. The lowest BCUT2D eigenvalue weighted by Gasteiger charge is -2.19. The highest BCUT2D eigenvalue weighted by Crippen LogP contribution is 2.23. The first-order valence-corrected chi connectivity index (χ1v) is 11.0. The Morgan fingerprint density at radius 3 is 2.55 bits per heavy atom. The third-order valence-electron chi connectivity index (χ3n) is 4.25. The van der Waals surface area contributed by atoms with E-state index in [-0.39, 0.29) is 23.2 Å². The van der Waals surface area contributed by atoms with E-state index in [1.54, 1.807) is 43.3 Å². The second kappa shape index (κ2) is 8.34. The molecule has 0 fully saturated rings. The van der Waals surface area contributed by atoms with E-state index in [1.807, 2.05) is 6.07 Å². The van der Waals surface area contributed by atoms with Gasteiger partial charge < -0.3 is 10.2 Å². The number of amides is 2. The Morgan fingerprint density at radius 2 is 1.83 bits per heavy atom. The van der Waals surface area contributed by atoms with Crippen molar-refractivity contribution in [1.29, 1.82) is 0 Å². The van der Waals surface area contributed by atoms with Crippen LogP contribution >= 0.6 is 15.9 Å². The molecule has 8 nitrogen and oxygen atoms in total. The average molecular weight is 479 g/mol. The Morgan fingerprint density at radius 1 is 1.17 bits per heavy atom. The summed E-state index contributed by atoms with van der Waals surface area (Å²) in [6.07, 6.45) is 0. The number of para-hydroxylation sites is 1. The van der Waals surface area contributed by atoms with Gasteiger partial charge in [-0.2, -0.15) is 0 Å². The highest BCUT2D eigenvalue weighted by molar-refractivity contribution is 9.10. The van der Waals surface area contributed by atoms with Crippen LogP contribution in [0.5, 0.6) is 0 Å². The first-order chi connectivity index (χ1) is 13.7. The lowest BCUT2D eigenvalue weighted by molar-refractivity contribution is -0.134. The molecule has 2 aromatic rings. The zero-order valence-electron chi connectivity index (χ0n) is 15.7. The molecule has 0 unspecified atom stereocenters. The molecule has 0 aromatic heterocycles. The second-order valence-corrected chi connectivity index (χ2v) is 8.98. The Bertz CT molecular complexity index is 1100. The van der Waals surface area contributed by atoms with Crippen molar-refractivity contribution in [2.24, 2.45) is 4.99 Å². The standard InChI is InChI=1S/C19H19BrN4O4S/c1-12(21-18-13-7-3-6-10-16(13)29(27,28)23-18)19(26)24(2)11-17(25)22-15-9-5-4-8-14(15)20/h3-10,12H,11H2,1-2H3,(H,21,23)(H,22,25)/t12-/m0/s1. The summed E-state index contributed by atoms with van der Waals surface area (Å²) in [6, 6.07) is 12.7. The minimum absolute atomic E-state index is 0.118. The number of nitrogens with zero attached hydrogens (tertiary/aromatic N) is 2. The number of rotatable bonds is 5. The van der Waals surface area contributed by atoms with Gasteiger partial charge in [0.15, 0.2) is 0 Å². The Kier molecular flexibility index (Phi) is 6.04. The zero-order valence-corrected chi connectivity index (χ0v) is 18.1. The quantitative estimate of drug-likeness (QED) is 0.684. The second-order valence-electron chi connectivity index (χ2n) is 6.48. The number of halogens is 1. The van der Waals surface area contributed by atoms with Gasteiger partial charge in [-0.3, -0.25) is 19.3 Å². The van der Waals surface area contributed by atoms with Gasteiger partial charge in [-0.15, -0.1) is 0 Å². The Hall–Kier alpha value is -2.72. The molecule has 3 rings (SSSR count). The molecule has 0 bridgehead atoms. The van der Waals surface area contributed by atoms with Crippen LogP contribution < -0.4 is 10.0 Å². The van der Waals surface area contributed by atoms with E-state index in [0.29, 0.717) is 11.3 Å². The molecule has 2 N–H and O–H groups in total. The fourth-order valence-corrected chi connectivity index (χ4v) is 4.47. The van der Waals surface area contributed by atoms with Crippen LogP contribution in [0.3, 0.4) is 0 Å². The van der Waals surface area contributed by atoms with Gasteiger partial charge >= 0.3 is 0 Å². The molecule has 0 spiro atoms. The van der Waals surface area contributed by atoms with Crippen molar-refractivity contribution in [3.05, 3.63) is 58.6 Å². The number of hydrogen-bond acceptors (Lipinski definition) is 5. The molecule has 1 atom stereocenters. The van der Waals surface area contributed by atoms with Crippen LogP contribution in [0, 0.1) is 0 Å². The van der Waals surface area contributed by atoms with E-state index >= 15 is 0 Å². The summed E-state index contributed by atoms with van der Waals surface area (Å²) in [6.45, 7) is 1.38. The van der Waals surface area contributed by atoms with E-state index < -0.39 is 22.0 Å². The van der Waals surface area contributed by atoms with Crippen LogP contribution in [0.15, 0.2) is 62.9 Å². The summed E-state index contributed by atoms with van der Waals surface area (Å²) >= 11 is 3.35. The van der Waals surface area contributed by atoms with Gasteiger partial charge in [-0.25, -0.2) is 8.42 Å². The molecule has 29 heavy (non-hydrogen) atoms. The third kappa shape index (κ3) is 4.65. The monoisotopic (exact) mass is 478 g/mol. The van der Waals surface area contributed by atoms with Gasteiger partial charge in [0.1, 0.15) is 11.9 Å². The van der Waals surface area contributed by atoms with E-state index in [9.17, 15) is 18.0 Å². The van der Waals surface area contributed by atoms with Crippen LogP contribution in [-0.2, 0) is 19.6 Å². The molecule has 2 amide bonds. The SMILES string of the molecule is C[C@H](N=C1NS(=O)(=O)c2ccccc21)C(=O)N(C)CC(=O)Nc1ccccc1Br. The number of benzene rings is 2. The minimum Gasteiger partial charge on any atom is -0.335 e. The van der Waals surface area contributed by atoms with E-state index in [0.717, 1.165) is 4.47 Å². The lowest BCUT2D eigenvalue weighted by Crippen LogP contribution is -2.40. The van der Waals surface area contributed by atoms with Crippen molar-refractivity contribution >= 4 is 49.3 Å². The van der Waals surface area contributed by atoms with E-state index in [2.05, 4.69) is 31.0 Å². The molecule has 2 aromatic carbocycles. The van der Waals surface area contributed by atoms with Crippen LogP contribution in [0.2, 0.25) is 0 Å². The minimum atomic E-state index is -3.68. The number of aliphatic imine (C=N–C) groups is 1. The average Bonchev–Trinajstić information content (AvgIpc) is 2.93. The molecule has 10 heteroatoms. The molecule has 0 aliphatic carbocycles. The maximum Gasteiger partial charge on any atom is 0.263 e. The summed E-state index contributed by atoms with van der Waals surface area (Å²) in [5.41, 5.74) is 1.02. The van der Waals surface area contributed by atoms with E-state index in [4.69, 9.17) is 0 Å². The van der Waals surface area contributed by atoms with Gasteiger partial charge in [-0.05, 0) is 47.1 Å². The van der Waals surface area contributed by atoms with Crippen molar-refractivity contribution in [1.82, 2.24) is 9.62 Å². The maximum atomic E-state index is 12.6. The van der Waals surface area contributed by atoms with Gasteiger partial charge in [0.25, 0.3) is 10.0 Å². The number of fused-ring (bicyclic) bond motifs is 1. The molecule has 1 aliphatic heterocycles. The molecule has 0 saturated heterocycles. The highest BCUT2D eigenvalue weighted by Gasteiger charge is 2.31. The summed E-state index contributed by atoms with van der Waals surface area (Å²) in [5, 5.41) is 2.72.